The van der Waals surface area contributed by atoms with Crippen LogP contribution in [0.1, 0.15) is 10.4 Å². The summed E-state index contributed by atoms with van der Waals surface area (Å²) in [4.78, 5) is 13.6. The number of nitrogens with one attached hydrogen (secondary N) is 2. The molecule has 0 aliphatic rings. The van der Waals surface area contributed by atoms with Crippen LogP contribution < -0.4 is 15.4 Å². The van der Waals surface area contributed by atoms with E-state index in [0.29, 0.717) is 16.3 Å². The van der Waals surface area contributed by atoms with E-state index in [4.69, 9.17) is 17.0 Å². The molecule has 10 heteroatoms. The van der Waals surface area contributed by atoms with Crippen molar-refractivity contribution < 1.29 is 9.53 Å². The molecule has 0 saturated carbocycles. The summed E-state index contributed by atoms with van der Waals surface area (Å²) in [7, 11) is 1.54. The van der Waals surface area contributed by atoms with E-state index < -0.39 is 0 Å². The quantitative estimate of drug-likeness (QED) is 0.389. The van der Waals surface area contributed by atoms with Crippen molar-refractivity contribution in [2.75, 3.05) is 12.4 Å². The highest BCUT2D eigenvalue weighted by molar-refractivity contribution is 7.80. The van der Waals surface area contributed by atoms with Crippen LogP contribution in [-0.2, 0) is 0 Å². The van der Waals surface area contributed by atoms with Crippen molar-refractivity contribution >= 4 is 56.0 Å². The van der Waals surface area contributed by atoms with Crippen LogP contribution in [0.5, 0.6) is 5.75 Å². The Balaban J connectivity index is 1.33. The summed E-state index contributed by atoms with van der Waals surface area (Å²) in [5.74, 6) is 0.129. The van der Waals surface area contributed by atoms with Crippen LogP contribution >= 0.6 is 23.6 Å². The van der Waals surface area contributed by atoms with Crippen molar-refractivity contribution in [3.05, 3.63) is 72.6 Å². The summed E-state index contributed by atoms with van der Waals surface area (Å²) in [6.07, 6.45) is 1.56. The van der Waals surface area contributed by atoms with Gasteiger partial charge in [0.25, 0.3) is 5.91 Å². The fourth-order valence-corrected chi connectivity index (χ4v) is 4.33. The van der Waals surface area contributed by atoms with E-state index in [1.54, 1.807) is 16.9 Å². The molecule has 8 nitrogen and oxygen atoms in total. The summed E-state index contributed by atoms with van der Waals surface area (Å²) in [5.41, 5.74) is 2.03. The van der Waals surface area contributed by atoms with Crippen molar-refractivity contribution in [2.24, 2.45) is 0 Å². The van der Waals surface area contributed by atoms with Gasteiger partial charge in [-0.05, 0) is 47.3 Å². The van der Waals surface area contributed by atoms with E-state index in [1.165, 1.54) is 18.4 Å². The van der Waals surface area contributed by atoms with Gasteiger partial charge in [0, 0.05) is 11.3 Å². The number of nitrogens with zero attached hydrogens (tertiary/aromatic N) is 4. The maximum Gasteiger partial charge on any atom is 0.261 e. The molecule has 0 saturated heterocycles. The maximum atomic E-state index is 12.9. The zero-order valence-electron chi connectivity index (χ0n) is 16.8. The van der Waals surface area contributed by atoms with Gasteiger partial charge >= 0.3 is 0 Å². The topological polar surface area (TPSA) is 93.4 Å². The summed E-state index contributed by atoms with van der Waals surface area (Å²) in [5, 5.41) is 21.0. The Morgan fingerprint density at radius 1 is 1.09 bits per heavy atom. The molecule has 2 heterocycles. The highest BCUT2D eigenvalue weighted by Gasteiger charge is 2.15. The van der Waals surface area contributed by atoms with Crippen molar-refractivity contribution in [2.45, 2.75) is 0 Å². The first-order chi connectivity index (χ1) is 15.6. The number of methoxy groups -OCH3 is 1. The van der Waals surface area contributed by atoms with Crippen LogP contribution in [0.4, 0.5) is 5.69 Å². The van der Waals surface area contributed by atoms with E-state index >= 15 is 0 Å². The number of hydrogen-bond donors (Lipinski definition) is 2. The molecule has 0 aliphatic heterocycles. The summed E-state index contributed by atoms with van der Waals surface area (Å²) < 4.78 is 7.04. The number of aromatic nitrogens is 4. The second-order valence-electron chi connectivity index (χ2n) is 6.85. The van der Waals surface area contributed by atoms with Gasteiger partial charge in [-0.1, -0.05) is 47.7 Å². The third-order valence-corrected chi connectivity index (χ3v) is 5.96. The number of hydrogen-bond acceptors (Lipinski definition) is 7. The van der Waals surface area contributed by atoms with Gasteiger partial charge in [0.1, 0.15) is 17.1 Å². The fourth-order valence-electron chi connectivity index (χ4n) is 3.31. The number of benzene rings is 3. The maximum absolute atomic E-state index is 12.9. The average molecular weight is 461 g/mol. The number of carbonyl (C=O) groups is 1. The van der Waals surface area contributed by atoms with Gasteiger partial charge < -0.3 is 10.1 Å². The Morgan fingerprint density at radius 3 is 2.69 bits per heavy atom. The van der Waals surface area contributed by atoms with Gasteiger partial charge in [0.2, 0.25) is 4.96 Å². The minimum atomic E-state index is -0.352. The molecule has 1 amide bonds. The third-order valence-electron chi connectivity index (χ3n) is 4.79. The van der Waals surface area contributed by atoms with Crippen LogP contribution in [0.25, 0.3) is 26.3 Å². The smallest absolute Gasteiger partial charge is 0.261 e. The van der Waals surface area contributed by atoms with Gasteiger partial charge in [-0.15, -0.1) is 10.2 Å². The second kappa shape index (κ2) is 8.33. The number of amides is 1. The van der Waals surface area contributed by atoms with E-state index in [1.807, 2.05) is 54.6 Å². The molecular weight excluding hydrogens is 444 g/mol. The molecule has 0 unspecified atom stereocenters. The number of ether oxygens (including phenoxy) is 1. The molecule has 0 fully saturated rings. The number of rotatable bonds is 4. The fraction of sp³-hybridized carbons (Fsp3) is 0.0455. The Kier molecular flexibility index (Phi) is 5.21. The molecule has 2 N–H and O–H groups in total. The first-order valence-electron chi connectivity index (χ1n) is 9.57. The van der Waals surface area contributed by atoms with Crippen molar-refractivity contribution in [3.8, 4) is 16.3 Å². The normalized spacial score (nSPS) is 10.9. The van der Waals surface area contributed by atoms with Crippen molar-refractivity contribution in [1.29, 1.82) is 0 Å². The first kappa shape index (κ1) is 20.0. The largest absolute Gasteiger partial charge is 0.496 e. The Labute approximate surface area is 191 Å². The Morgan fingerprint density at radius 2 is 1.91 bits per heavy atom. The highest BCUT2D eigenvalue weighted by atomic mass is 32.1. The number of anilines is 1. The van der Waals surface area contributed by atoms with Crippen LogP contribution in [0.2, 0.25) is 0 Å². The molecular formula is C22H16N6O2S2. The lowest BCUT2D eigenvalue weighted by Crippen LogP contribution is -2.34. The van der Waals surface area contributed by atoms with Gasteiger partial charge in [-0.25, -0.2) is 0 Å². The number of thiocarbonyl (C=S) groups is 1. The molecule has 158 valence electrons. The number of carbonyl (C=O) groups excluding carboxylic acids is 1. The van der Waals surface area contributed by atoms with Gasteiger partial charge in [-0.3, -0.25) is 10.1 Å². The molecule has 0 spiro atoms. The van der Waals surface area contributed by atoms with Crippen LogP contribution in [0.15, 0.2) is 67.0 Å². The second-order valence-corrected chi connectivity index (χ2v) is 8.22. The number of fused-ring (bicyclic) bond motifs is 2. The zero-order chi connectivity index (χ0) is 22.1. The SMILES string of the molecule is COc1cc2ccccc2cc1C(=O)NC(=S)Nc1cccc(-c2nn3cnnc3s2)c1. The van der Waals surface area contributed by atoms with Crippen LogP contribution in [0, 0.1) is 0 Å². The average Bonchev–Trinajstić information content (AvgIpc) is 3.41. The molecule has 3 aromatic carbocycles. The summed E-state index contributed by atoms with van der Waals surface area (Å²) in [6.45, 7) is 0. The van der Waals surface area contributed by atoms with Gasteiger partial charge in [0.15, 0.2) is 5.11 Å². The highest BCUT2D eigenvalue weighted by Crippen LogP contribution is 2.27. The Bertz CT molecular complexity index is 1450. The lowest BCUT2D eigenvalue weighted by Gasteiger charge is -2.13. The van der Waals surface area contributed by atoms with Gasteiger partial charge in [0.05, 0.1) is 12.7 Å². The van der Waals surface area contributed by atoms with Crippen molar-refractivity contribution in [1.82, 2.24) is 25.1 Å². The van der Waals surface area contributed by atoms with E-state index in [2.05, 4.69) is 25.9 Å². The minimum Gasteiger partial charge on any atom is -0.496 e. The minimum absolute atomic E-state index is 0.181. The lowest BCUT2D eigenvalue weighted by molar-refractivity contribution is 0.0975. The molecule has 0 aliphatic carbocycles. The van der Waals surface area contributed by atoms with Crippen LogP contribution in [-0.4, -0.2) is 37.9 Å². The lowest BCUT2D eigenvalue weighted by atomic mass is 10.1. The Hall–Kier alpha value is -3.89. The predicted molar refractivity (Wildman–Crippen MR) is 128 cm³/mol. The standard InChI is InChI=1S/C22H16N6O2S2/c1-30-18-11-14-6-3-2-5-13(14)10-17(18)19(29)25-21(31)24-16-8-4-7-15(9-16)20-27-28-12-23-26-22(28)32-20/h2-12H,1H3,(H2,24,25,29,31). The van der Waals surface area contributed by atoms with E-state index in [0.717, 1.165) is 27.0 Å². The van der Waals surface area contributed by atoms with Crippen molar-refractivity contribution in [3.63, 3.8) is 0 Å². The molecule has 5 rings (SSSR count). The van der Waals surface area contributed by atoms with Crippen LogP contribution in [0.3, 0.4) is 0 Å². The predicted octanol–water partition coefficient (Wildman–Crippen LogP) is 4.14. The third kappa shape index (κ3) is 3.88. The van der Waals surface area contributed by atoms with E-state index in [9.17, 15) is 4.79 Å². The molecule has 0 bridgehead atoms. The molecule has 5 aromatic rings. The zero-order valence-corrected chi connectivity index (χ0v) is 18.4. The van der Waals surface area contributed by atoms with Gasteiger partial charge in [-0.2, -0.15) is 9.61 Å². The molecule has 32 heavy (non-hydrogen) atoms. The monoisotopic (exact) mass is 460 g/mol. The first-order valence-corrected chi connectivity index (χ1v) is 10.8. The summed E-state index contributed by atoms with van der Waals surface area (Å²) >= 11 is 6.80. The summed E-state index contributed by atoms with van der Waals surface area (Å²) in [6, 6.07) is 19.0. The molecule has 0 radical (unpaired) electrons. The van der Waals surface area contributed by atoms with E-state index in [-0.39, 0.29) is 11.0 Å². The molecule has 0 atom stereocenters. The molecule has 2 aromatic heterocycles.